The van der Waals surface area contributed by atoms with Gasteiger partial charge in [0.05, 0.1) is 18.3 Å². The van der Waals surface area contributed by atoms with Gasteiger partial charge in [0.2, 0.25) is 5.91 Å². The number of nitrogens with one attached hydrogen (secondary N) is 3. The Bertz CT molecular complexity index is 1420. The Morgan fingerprint density at radius 2 is 2.03 bits per heavy atom. The predicted octanol–water partition coefficient (Wildman–Crippen LogP) is 2.66. The van der Waals surface area contributed by atoms with Crippen LogP contribution in [0, 0.1) is 0 Å². The first-order chi connectivity index (χ1) is 16.1. The van der Waals surface area contributed by atoms with E-state index in [1.54, 1.807) is 27.7 Å². The van der Waals surface area contributed by atoms with Crippen molar-refractivity contribution in [3.05, 3.63) is 66.1 Å². The van der Waals surface area contributed by atoms with E-state index in [9.17, 15) is 9.59 Å². The largest absolute Gasteiger partial charge is 0.367 e. The van der Waals surface area contributed by atoms with Gasteiger partial charge in [-0.1, -0.05) is 6.07 Å². The van der Waals surface area contributed by atoms with Gasteiger partial charge in [0, 0.05) is 41.3 Å². The Hall–Kier alpha value is -4.47. The van der Waals surface area contributed by atoms with Crippen LogP contribution in [-0.2, 0) is 9.59 Å². The number of nitrogens with zero attached hydrogens (tertiary/aromatic N) is 5. The highest BCUT2D eigenvalue weighted by molar-refractivity contribution is 6.15. The molecule has 10 nitrogen and oxygen atoms in total. The quantitative estimate of drug-likeness (QED) is 0.312. The van der Waals surface area contributed by atoms with Crippen LogP contribution in [-0.4, -0.2) is 42.2 Å². The Morgan fingerprint density at radius 1 is 1.12 bits per heavy atom. The predicted molar refractivity (Wildman–Crippen MR) is 122 cm³/mol. The van der Waals surface area contributed by atoms with Gasteiger partial charge in [0.15, 0.2) is 5.65 Å². The van der Waals surface area contributed by atoms with Crippen LogP contribution in [0.2, 0.25) is 0 Å². The van der Waals surface area contributed by atoms with Crippen LogP contribution in [0.25, 0.3) is 17.4 Å². The van der Waals surface area contributed by atoms with Gasteiger partial charge < -0.3 is 10.6 Å². The second-order valence-electron chi connectivity index (χ2n) is 8.13. The number of benzene rings is 1. The molecule has 10 heteroatoms. The lowest BCUT2D eigenvalue weighted by molar-refractivity contribution is -0.124. The number of carbonyl (C=O) groups excluding carboxylic acids is 2. The second-order valence-corrected chi connectivity index (χ2v) is 8.13. The molecule has 3 aromatic heterocycles. The van der Waals surface area contributed by atoms with Gasteiger partial charge in [-0.05, 0) is 43.2 Å². The molecular formula is C23H20N8O2. The third kappa shape index (κ3) is 3.82. The molecule has 1 aliphatic heterocycles. The first-order valence-electron chi connectivity index (χ1n) is 10.7. The molecule has 0 atom stereocenters. The van der Waals surface area contributed by atoms with E-state index >= 15 is 0 Å². The summed E-state index contributed by atoms with van der Waals surface area (Å²) >= 11 is 0. The minimum Gasteiger partial charge on any atom is -0.367 e. The van der Waals surface area contributed by atoms with E-state index in [1.165, 1.54) is 0 Å². The molecule has 1 aromatic carbocycles. The van der Waals surface area contributed by atoms with Crippen LogP contribution in [0.15, 0.2) is 60.6 Å². The summed E-state index contributed by atoms with van der Waals surface area (Å²) in [5.74, 6) is 0.770. The smallest absolute Gasteiger partial charge is 0.254 e. The number of hydrogen-bond donors (Lipinski definition) is 3. The van der Waals surface area contributed by atoms with Crippen molar-refractivity contribution < 1.29 is 9.59 Å². The number of amides is 2. The van der Waals surface area contributed by atoms with Crippen LogP contribution >= 0.6 is 0 Å². The van der Waals surface area contributed by atoms with Gasteiger partial charge in [0.25, 0.3) is 5.91 Å². The van der Waals surface area contributed by atoms with Crippen LogP contribution in [0.5, 0.6) is 0 Å². The van der Waals surface area contributed by atoms with Crippen molar-refractivity contribution in [2.24, 2.45) is 0 Å². The maximum atomic E-state index is 12.0. The molecule has 1 saturated carbocycles. The Balaban J connectivity index is 1.39. The second kappa shape index (κ2) is 7.59. The number of hydrogen-bond acceptors (Lipinski definition) is 7. The fourth-order valence-corrected chi connectivity index (χ4v) is 3.79. The van der Waals surface area contributed by atoms with Crippen molar-refractivity contribution in [1.82, 2.24) is 29.7 Å². The Kier molecular flexibility index (Phi) is 4.42. The molecule has 0 bridgehead atoms. The van der Waals surface area contributed by atoms with Crippen molar-refractivity contribution in [2.45, 2.75) is 25.3 Å². The molecular weight excluding hydrogens is 420 g/mol. The van der Waals surface area contributed by atoms with Crippen molar-refractivity contribution in [3.63, 3.8) is 0 Å². The highest BCUT2D eigenvalue weighted by Crippen LogP contribution is 2.29. The van der Waals surface area contributed by atoms with Crippen molar-refractivity contribution in [3.8, 4) is 5.69 Å². The maximum absolute atomic E-state index is 12.0. The molecule has 6 rings (SSSR count). The third-order valence-electron chi connectivity index (χ3n) is 5.54. The molecule has 0 spiro atoms. The molecule has 3 N–H and O–H groups in total. The van der Waals surface area contributed by atoms with Crippen LogP contribution in [0.4, 0.5) is 17.3 Å². The summed E-state index contributed by atoms with van der Waals surface area (Å²) in [6.45, 7) is 0. The monoisotopic (exact) mass is 440 g/mol. The lowest BCUT2D eigenvalue weighted by Gasteiger charge is -2.12. The number of aromatic nitrogens is 5. The van der Waals surface area contributed by atoms with E-state index in [-0.39, 0.29) is 18.2 Å². The fourth-order valence-electron chi connectivity index (χ4n) is 3.79. The van der Waals surface area contributed by atoms with E-state index in [2.05, 4.69) is 26.1 Å². The molecule has 4 heterocycles. The summed E-state index contributed by atoms with van der Waals surface area (Å²) in [5.41, 5.74) is 3.44. The number of rotatable bonds is 6. The summed E-state index contributed by atoms with van der Waals surface area (Å²) in [7, 11) is 0. The Labute approximate surface area is 188 Å². The van der Waals surface area contributed by atoms with Gasteiger partial charge in [-0.3, -0.25) is 14.9 Å². The van der Waals surface area contributed by atoms with Gasteiger partial charge in [-0.25, -0.2) is 9.67 Å². The van der Waals surface area contributed by atoms with Crippen molar-refractivity contribution in [2.75, 3.05) is 10.6 Å². The van der Waals surface area contributed by atoms with E-state index in [0.717, 1.165) is 30.0 Å². The molecule has 2 fully saturated rings. The molecule has 0 unspecified atom stereocenters. The van der Waals surface area contributed by atoms with E-state index < -0.39 is 0 Å². The maximum Gasteiger partial charge on any atom is 0.254 e. The van der Waals surface area contributed by atoms with Gasteiger partial charge in [0.1, 0.15) is 11.6 Å². The van der Waals surface area contributed by atoms with Gasteiger partial charge in [-0.15, -0.1) is 0 Å². The molecule has 1 saturated heterocycles. The first kappa shape index (κ1) is 19.2. The zero-order valence-electron chi connectivity index (χ0n) is 17.5. The average Bonchev–Trinajstić information content (AvgIpc) is 3.17. The molecule has 2 amide bonds. The fraction of sp³-hybridized carbons (Fsp3) is 0.174. The van der Waals surface area contributed by atoms with Gasteiger partial charge >= 0.3 is 0 Å². The Morgan fingerprint density at radius 3 is 2.79 bits per heavy atom. The summed E-state index contributed by atoms with van der Waals surface area (Å²) < 4.78 is 3.52. The molecule has 2 aliphatic rings. The molecule has 164 valence electrons. The van der Waals surface area contributed by atoms with E-state index in [0.29, 0.717) is 28.6 Å². The molecule has 33 heavy (non-hydrogen) atoms. The first-order valence-corrected chi connectivity index (χ1v) is 10.7. The lowest BCUT2D eigenvalue weighted by atomic mass is 10.1. The van der Waals surface area contributed by atoms with E-state index in [1.807, 2.05) is 42.6 Å². The standard InChI is InChI=1S/C23H20N8O2/c32-21-10-14(23(33)29-21)9-15-13-25-31-20(27-16-5-6-16)12-19(28-22(15)31)26-17-3-1-4-18(11-17)30-8-2-7-24-30/h1-4,7-9,11-13,16,27H,5-6,10H2,(H,26,28)(H,29,32,33)/b14-9+. The summed E-state index contributed by atoms with van der Waals surface area (Å²) in [4.78, 5) is 28.4. The minimum absolute atomic E-state index is 0.0571. The number of fused-ring (bicyclic) bond motifs is 1. The highest BCUT2D eigenvalue weighted by atomic mass is 16.2. The number of imide groups is 1. The summed E-state index contributed by atoms with van der Waals surface area (Å²) in [5, 5.41) is 17.9. The number of carbonyl (C=O) groups is 2. The summed E-state index contributed by atoms with van der Waals surface area (Å²) in [6.07, 6.45) is 9.24. The molecule has 0 radical (unpaired) electrons. The zero-order valence-corrected chi connectivity index (χ0v) is 17.5. The average molecular weight is 440 g/mol. The van der Waals surface area contributed by atoms with Crippen molar-refractivity contribution >= 4 is 40.9 Å². The third-order valence-corrected chi connectivity index (χ3v) is 5.54. The van der Waals surface area contributed by atoms with Crippen molar-refractivity contribution in [1.29, 1.82) is 0 Å². The molecule has 1 aliphatic carbocycles. The summed E-state index contributed by atoms with van der Waals surface area (Å²) in [6, 6.07) is 12.1. The van der Waals surface area contributed by atoms with Crippen LogP contribution in [0.3, 0.4) is 0 Å². The molecule has 4 aromatic rings. The van der Waals surface area contributed by atoms with Crippen LogP contribution < -0.4 is 16.0 Å². The normalized spacial score (nSPS) is 17.0. The zero-order chi connectivity index (χ0) is 22.4. The minimum atomic E-state index is -0.375. The lowest BCUT2D eigenvalue weighted by Crippen LogP contribution is -2.19. The topological polar surface area (TPSA) is 118 Å². The highest BCUT2D eigenvalue weighted by Gasteiger charge is 2.25. The van der Waals surface area contributed by atoms with Crippen LogP contribution in [0.1, 0.15) is 24.8 Å². The SMILES string of the molecule is O=C1C/C(=C\c2cnn3c(NC4CC4)cc(Nc4cccc(-n5cccn5)c4)nc23)C(=O)N1. The van der Waals surface area contributed by atoms with Gasteiger partial charge in [-0.2, -0.15) is 14.7 Å². The van der Waals surface area contributed by atoms with E-state index in [4.69, 9.17) is 4.98 Å². The number of anilines is 3.